The summed E-state index contributed by atoms with van der Waals surface area (Å²) in [6, 6.07) is 0.973. The predicted octanol–water partition coefficient (Wildman–Crippen LogP) is 4.70. The van der Waals surface area contributed by atoms with Crippen LogP contribution in [0.3, 0.4) is 0 Å². The summed E-state index contributed by atoms with van der Waals surface area (Å²) in [6.45, 7) is 13.1. The van der Waals surface area contributed by atoms with Crippen molar-refractivity contribution in [2.75, 3.05) is 31.5 Å². The molecule has 0 radical (unpaired) electrons. The summed E-state index contributed by atoms with van der Waals surface area (Å²) in [5.41, 5.74) is 1.40. The maximum Gasteiger partial charge on any atom is 0.294 e. The molecule has 0 spiro atoms. The van der Waals surface area contributed by atoms with Crippen molar-refractivity contribution in [1.29, 1.82) is 0 Å². The van der Waals surface area contributed by atoms with Gasteiger partial charge >= 0.3 is 0 Å². The van der Waals surface area contributed by atoms with Gasteiger partial charge in [-0.05, 0) is 50.7 Å². The lowest BCUT2D eigenvalue weighted by atomic mass is 9.93. The minimum Gasteiger partial charge on any atom is -0.363 e. The number of hydrogen-bond donors (Lipinski definition) is 1. The Labute approximate surface area is 210 Å². The summed E-state index contributed by atoms with van der Waals surface area (Å²) < 4.78 is 1.93. The molecule has 1 aromatic heterocycles. The van der Waals surface area contributed by atoms with Crippen molar-refractivity contribution in [2.24, 2.45) is 0 Å². The number of aromatic nitrogens is 2. The van der Waals surface area contributed by atoms with E-state index in [4.69, 9.17) is 0 Å². The second kappa shape index (κ2) is 12.0. The highest BCUT2D eigenvalue weighted by Gasteiger charge is 2.29. The Balaban J connectivity index is 1.50. The van der Waals surface area contributed by atoms with Gasteiger partial charge in [0.25, 0.3) is 5.56 Å². The van der Waals surface area contributed by atoms with Crippen LogP contribution >= 0.6 is 0 Å². The number of nitrogens with zero attached hydrogens (tertiary/aromatic N) is 4. The lowest BCUT2D eigenvalue weighted by molar-refractivity contribution is -0.129. The first-order valence-corrected chi connectivity index (χ1v) is 13.7. The molecule has 7 heteroatoms. The van der Waals surface area contributed by atoms with Crippen LogP contribution in [0.2, 0.25) is 0 Å². The molecule has 3 aliphatic rings. The van der Waals surface area contributed by atoms with E-state index in [9.17, 15) is 9.59 Å². The summed E-state index contributed by atoms with van der Waals surface area (Å²) in [5, 5.41) is 3.41. The number of piperidine rings is 2. The van der Waals surface area contributed by atoms with E-state index in [2.05, 4.69) is 28.4 Å². The molecule has 1 aromatic rings. The van der Waals surface area contributed by atoms with Crippen molar-refractivity contribution < 1.29 is 4.79 Å². The number of hydrogen-bond acceptors (Lipinski definition) is 5. The van der Waals surface area contributed by atoms with Gasteiger partial charge in [0, 0.05) is 51.2 Å². The molecule has 4 rings (SSSR count). The highest BCUT2D eigenvalue weighted by atomic mass is 16.2. The zero-order valence-corrected chi connectivity index (χ0v) is 21.5. The Bertz CT molecular complexity index is 947. The summed E-state index contributed by atoms with van der Waals surface area (Å²) in [4.78, 5) is 34.6. The summed E-state index contributed by atoms with van der Waals surface area (Å²) in [6.07, 6.45) is 16.5. The summed E-state index contributed by atoms with van der Waals surface area (Å²) >= 11 is 0. The molecule has 1 saturated carbocycles. The molecular weight excluding hydrogens is 438 g/mol. The van der Waals surface area contributed by atoms with Gasteiger partial charge < -0.3 is 19.7 Å². The van der Waals surface area contributed by atoms with Crippen LogP contribution in [0.5, 0.6) is 0 Å². The summed E-state index contributed by atoms with van der Waals surface area (Å²) in [5.74, 6) is 0.508. The molecule has 7 nitrogen and oxygen atoms in total. The number of likely N-dealkylation sites (tertiary alicyclic amines) is 2. The highest BCUT2D eigenvalue weighted by molar-refractivity contribution is 5.73. The molecule has 35 heavy (non-hydrogen) atoms. The second-order valence-electron chi connectivity index (χ2n) is 10.5. The van der Waals surface area contributed by atoms with E-state index in [1.54, 1.807) is 19.1 Å². The van der Waals surface area contributed by atoms with E-state index < -0.39 is 0 Å². The topological polar surface area (TPSA) is 70.5 Å². The van der Waals surface area contributed by atoms with Gasteiger partial charge in [0.05, 0.1) is 11.4 Å². The molecule has 0 unspecified atom stereocenters. The standard InChI is InChI=1S/C28H43N5O2/c1-4-25-26(5-2)33(24-15-19-32(20-16-24)23-11-9-7-6-8-10-12-23)28(35)27(30-25)29-22-13-17-31(18-14-22)21(3)34/h4-5,22-24H,1-2,6-20H2,3H3,(H,29,30). The Hall–Kier alpha value is -2.41. The second-order valence-corrected chi connectivity index (χ2v) is 10.5. The van der Waals surface area contributed by atoms with Gasteiger partial charge in [-0.2, -0.15) is 0 Å². The largest absolute Gasteiger partial charge is 0.363 e. The zero-order valence-electron chi connectivity index (χ0n) is 21.5. The molecule has 3 fully saturated rings. The Morgan fingerprint density at radius 2 is 1.51 bits per heavy atom. The van der Waals surface area contributed by atoms with Crippen molar-refractivity contribution in [3.63, 3.8) is 0 Å². The van der Waals surface area contributed by atoms with Crippen molar-refractivity contribution in [3.8, 4) is 0 Å². The number of anilines is 1. The Morgan fingerprint density at radius 3 is 2.09 bits per heavy atom. The number of amides is 1. The fourth-order valence-corrected chi connectivity index (χ4v) is 6.22. The minimum absolute atomic E-state index is 0.0658. The third kappa shape index (κ3) is 6.05. The van der Waals surface area contributed by atoms with Crippen molar-refractivity contribution in [2.45, 2.75) is 95.7 Å². The average molecular weight is 482 g/mol. The van der Waals surface area contributed by atoms with Gasteiger partial charge in [0.15, 0.2) is 5.82 Å². The summed E-state index contributed by atoms with van der Waals surface area (Å²) in [7, 11) is 0. The van der Waals surface area contributed by atoms with Crippen LogP contribution in [-0.2, 0) is 4.79 Å². The monoisotopic (exact) mass is 481 g/mol. The van der Waals surface area contributed by atoms with Crippen molar-refractivity contribution in [3.05, 3.63) is 34.9 Å². The molecule has 2 saturated heterocycles. The first-order chi connectivity index (χ1) is 17.0. The third-order valence-corrected chi connectivity index (χ3v) is 8.30. The third-order valence-electron chi connectivity index (χ3n) is 8.30. The normalized spacial score (nSPS) is 21.8. The van der Waals surface area contributed by atoms with Gasteiger partial charge in [-0.1, -0.05) is 45.3 Å². The zero-order chi connectivity index (χ0) is 24.8. The van der Waals surface area contributed by atoms with Crippen LogP contribution in [0, 0.1) is 0 Å². The van der Waals surface area contributed by atoms with E-state index in [0.29, 0.717) is 30.6 Å². The van der Waals surface area contributed by atoms with E-state index in [1.807, 2.05) is 9.47 Å². The van der Waals surface area contributed by atoms with E-state index >= 15 is 0 Å². The van der Waals surface area contributed by atoms with Crippen molar-refractivity contribution in [1.82, 2.24) is 19.4 Å². The molecule has 0 bridgehead atoms. The van der Waals surface area contributed by atoms with Gasteiger partial charge in [-0.15, -0.1) is 0 Å². The van der Waals surface area contributed by atoms with Crippen LogP contribution in [0.4, 0.5) is 5.82 Å². The molecular formula is C28H43N5O2. The SMILES string of the molecule is C=Cc1nc(NC2CCN(C(C)=O)CC2)c(=O)n(C2CCN(C3CCCCCCC3)CC2)c1C=C. The lowest BCUT2D eigenvalue weighted by Gasteiger charge is -2.39. The molecule has 1 aliphatic carbocycles. The molecule has 0 aromatic carbocycles. The number of carbonyl (C=O) groups is 1. The first-order valence-electron chi connectivity index (χ1n) is 13.7. The van der Waals surface area contributed by atoms with Crippen LogP contribution in [0.25, 0.3) is 12.2 Å². The number of rotatable bonds is 6. The van der Waals surface area contributed by atoms with Crippen LogP contribution in [-0.4, -0.2) is 63.5 Å². The molecule has 2 aliphatic heterocycles. The minimum atomic E-state index is -0.0658. The maximum atomic E-state index is 13.7. The number of carbonyl (C=O) groups excluding carboxylic acids is 1. The van der Waals surface area contributed by atoms with Gasteiger partial charge in [-0.3, -0.25) is 9.59 Å². The van der Waals surface area contributed by atoms with E-state index in [-0.39, 0.29) is 23.6 Å². The average Bonchev–Trinajstić information content (AvgIpc) is 2.85. The van der Waals surface area contributed by atoms with E-state index in [0.717, 1.165) is 44.5 Å². The molecule has 1 N–H and O–H groups in total. The molecule has 192 valence electrons. The van der Waals surface area contributed by atoms with E-state index in [1.165, 1.54) is 44.9 Å². The smallest absolute Gasteiger partial charge is 0.294 e. The Morgan fingerprint density at radius 1 is 0.886 bits per heavy atom. The van der Waals surface area contributed by atoms with Crippen LogP contribution in [0.1, 0.15) is 95.0 Å². The first kappa shape index (κ1) is 25.7. The molecule has 0 atom stereocenters. The number of nitrogens with one attached hydrogen (secondary N) is 1. The van der Waals surface area contributed by atoms with Crippen LogP contribution in [0.15, 0.2) is 18.0 Å². The fraction of sp³-hybridized carbons (Fsp3) is 0.679. The fourth-order valence-electron chi connectivity index (χ4n) is 6.22. The predicted molar refractivity (Wildman–Crippen MR) is 144 cm³/mol. The lowest BCUT2D eigenvalue weighted by Crippen LogP contribution is -2.45. The highest BCUT2D eigenvalue weighted by Crippen LogP contribution is 2.30. The van der Waals surface area contributed by atoms with Crippen molar-refractivity contribution >= 4 is 23.9 Å². The molecule has 1 amide bonds. The van der Waals surface area contributed by atoms with Gasteiger partial charge in [0.2, 0.25) is 5.91 Å². The van der Waals surface area contributed by atoms with Gasteiger partial charge in [0.1, 0.15) is 0 Å². The quantitative estimate of drug-likeness (QED) is 0.638. The van der Waals surface area contributed by atoms with Crippen LogP contribution < -0.4 is 10.9 Å². The Kier molecular flexibility index (Phi) is 8.82. The van der Waals surface area contributed by atoms with Gasteiger partial charge in [-0.25, -0.2) is 4.98 Å². The molecule has 3 heterocycles. The maximum absolute atomic E-state index is 13.7.